The molecule has 2 saturated heterocycles. The number of carbonyl (C=O) groups is 6. The number of alkyl halides is 6. The third kappa shape index (κ3) is 11.3. The molecule has 3 heterocycles. The van der Waals surface area contributed by atoms with Crippen LogP contribution in [0.2, 0.25) is 0 Å². The van der Waals surface area contributed by atoms with Gasteiger partial charge in [0, 0.05) is 42.8 Å². The molecule has 5 rings (SSSR count). The number of piperazine rings is 1. The van der Waals surface area contributed by atoms with Crippen molar-refractivity contribution in [1.82, 2.24) is 25.4 Å². The van der Waals surface area contributed by atoms with E-state index >= 15 is 0 Å². The van der Waals surface area contributed by atoms with Gasteiger partial charge in [-0.05, 0) is 57.5 Å². The van der Waals surface area contributed by atoms with Crippen molar-refractivity contribution in [1.29, 1.82) is 0 Å². The number of hydrogen-bond donors (Lipinski definition) is 4. The van der Waals surface area contributed by atoms with Gasteiger partial charge in [-0.2, -0.15) is 26.3 Å². The maximum absolute atomic E-state index is 13.4. The molecule has 5 amide bonds. The summed E-state index contributed by atoms with van der Waals surface area (Å²) in [6.45, 7) is 8.50. The number of rotatable bonds is 5. The summed E-state index contributed by atoms with van der Waals surface area (Å²) in [5.41, 5.74) is 0.690. The number of amides is 5. The minimum absolute atomic E-state index is 0.209. The molecular formula is C34H35F6N5O10. The lowest BCUT2D eigenvalue weighted by atomic mass is 9.84. The number of carbonyl (C=O) groups excluding carboxylic acids is 4. The van der Waals surface area contributed by atoms with Gasteiger partial charge in [-0.1, -0.05) is 30.3 Å². The summed E-state index contributed by atoms with van der Waals surface area (Å²) in [4.78, 5) is 77.0. The van der Waals surface area contributed by atoms with Crippen LogP contribution in [0.25, 0.3) is 10.9 Å². The number of nitrogens with one attached hydrogen (secondary N) is 2. The summed E-state index contributed by atoms with van der Waals surface area (Å²) in [7, 11) is 0. The molecule has 0 radical (unpaired) electrons. The molecule has 4 N–H and O–H groups in total. The monoisotopic (exact) mass is 787 g/mol. The van der Waals surface area contributed by atoms with E-state index in [1.807, 2.05) is 37.3 Å². The highest BCUT2D eigenvalue weighted by molar-refractivity contribution is 6.22. The first-order valence-corrected chi connectivity index (χ1v) is 15.9. The molecule has 0 unspecified atom stereocenters. The molecule has 2 aromatic carbocycles. The second-order valence-electron chi connectivity index (χ2n) is 12.8. The molecule has 15 nitrogen and oxygen atoms in total. The Morgan fingerprint density at radius 1 is 0.818 bits per heavy atom. The second-order valence-corrected chi connectivity index (χ2v) is 12.8. The molecular weight excluding hydrogens is 752 g/mol. The number of aryl methyl sites for hydroxylation is 1. The summed E-state index contributed by atoms with van der Waals surface area (Å²) in [6, 6.07) is 15.7. The van der Waals surface area contributed by atoms with Crippen molar-refractivity contribution in [3.8, 4) is 5.75 Å². The van der Waals surface area contributed by atoms with Gasteiger partial charge in [0.25, 0.3) is 11.8 Å². The fraction of sp³-hybridized carbons (Fsp3) is 0.382. The molecule has 0 saturated carbocycles. The summed E-state index contributed by atoms with van der Waals surface area (Å²) in [5, 5.41) is 19.8. The van der Waals surface area contributed by atoms with Gasteiger partial charge in [0.05, 0.1) is 5.52 Å². The van der Waals surface area contributed by atoms with Crippen LogP contribution in [0.15, 0.2) is 54.6 Å². The number of imide groups is 2. The maximum atomic E-state index is 13.4. The van der Waals surface area contributed by atoms with Crippen molar-refractivity contribution < 1.29 is 74.8 Å². The van der Waals surface area contributed by atoms with E-state index in [2.05, 4.69) is 15.6 Å². The van der Waals surface area contributed by atoms with E-state index in [1.165, 1.54) is 0 Å². The van der Waals surface area contributed by atoms with Crippen molar-refractivity contribution in [2.75, 3.05) is 26.2 Å². The van der Waals surface area contributed by atoms with Crippen LogP contribution in [-0.2, 0) is 36.1 Å². The number of carboxylic acids is 2. The molecule has 3 aromatic rings. The largest absolute Gasteiger partial charge is 0.490 e. The van der Waals surface area contributed by atoms with Crippen LogP contribution in [0.1, 0.15) is 37.6 Å². The average molecular weight is 788 g/mol. The van der Waals surface area contributed by atoms with Crippen molar-refractivity contribution in [2.45, 2.75) is 57.8 Å². The van der Waals surface area contributed by atoms with Gasteiger partial charge >= 0.3 is 36.4 Å². The van der Waals surface area contributed by atoms with E-state index in [4.69, 9.17) is 29.3 Å². The number of benzene rings is 2. The fourth-order valence-corrected chi connectivity index (χ4v) is 5.27. The molecule has 1 aromatic heterocycles. The van der Waals surface area contributed by atoms with Crippen LogP contribution in [-0.4, -0.2) is 105 Å². The van der Waals surface area contributed by atoms with Crippen LogP contribution in [0.5, 0.6) is 5.75 Å². The highest BCUT2D eigenvalue weighted by Gasteiger charge is 2.56. The molecule has 2 aliphatic rings. The number of carboxylic acid groups (broad SMARTS) is 2. The van der Waals surface area contributed by atoms with Crippen LogP contribution in [0, 0.1) is 6.92 Å². The standard InChI is InChI=1S/C30H33N5O6.2C2HF3O2/c1-19-17-20(23-7-5-6-8-24(23)31-19)18-40-22-11-9-21(10-12-22)30(25(36)32-27(38)33-26(30)37)35-15-13-34(14-16-35)28(39)41-29(2,3)4;2*3-2(4,5)1(6)7/h5-12,17H,13-16,18H2,1-4H3,(H2,32,33,36,37,38);2*(H,6,7). The van der Waals surface area contributed by atoms with Crippen LogP contribution in [0.3, 0.4) is 0 Å². The molecule has 55 heavy (non-hydrogen) atoms. The Kier molecular flexibility index (Phi) is 13.4. The Balaban J connectivity index is 0.000000494. The highest BCUT2D eigenvalue weighted by atomic mass is 19.4. The van der Waals surface area contributed by atoms with Gasteiger partial charge < -0.3 is 24.6 Å². The van der Waals surface area contributed by atoms with Crippen molar-refractivity contribution >= 4 is 46.8 Å². The van der Waals surface area contributed by atoms with Crippen LogP contribution >= 0.6 is 0 Å². The number of aromatic nitrogens is 1. The van der Waals surface area contributed by atoms with Gasteiger partial charge in [0.1, 0.15) is 18.0 Å². The zero-order chi connectivity index (χ0) is 41.5. The quantitative estimate of drug-likeness (QED) is 0.209. The average Bonchev–Trinajstić information content (AvgIpc) is 3.06. The second kappa shape index (κ2) is 17.0. The SMILES string of the molecule is Cc1cc(COc2ccc(C3(N4CCN(C(=O)OC(C)(C)C)CC4)C(=O)NC(=O)NC3=O)cc2)c2ccccc2n1.O=C(O)C(F)(F)F.O=C(O)C(F)(F)F. The first-order valence-electron chi connectivity index (χ1n) is 15.9. The lowest BCUT2D eigenvalue weighted by Gasteiger charge is -2.46. The number of para-hydroxylation sites is 1. The van der Waals surface area contributed by atoms with Gasteiger partial charge in [-0.15, -0.1) is 0 Å². The Morgan fingerprint density at radius 2 is 1.31 bits per heavy atom. The van der Waals surface area contributed by atoms with Gasteiger partial charge in [0.15, 0.2) is 0 Å². The van der Waals surface area contributed by atoms with E-state index in [0.717, 1.165) is 22.2 Å². The first kappa shape index (κ1) is 43.4. The number of pyridine rings is 1. The van der Waals surface area contributed by atoms with Crippen LogP contribution < -0.4 is 15.4 Å². The van der Waals surface area contributed by atoms with Gasteiger partial charge in [-0.25, -0.2) is 19.2 Å². The number of nitrogens with zero attached hydrogens (tertiary/aromatic N) is 3. The molecule has 2 aliphatic heterocycles. The Hall–Kier alpha value is -5.99. The normalized spacial score (nSPS) is 16.0. The number of urea groups is 1. The Morgan fingerprint density at radius 3 is 1.78 bits per heavy atom. The smallest absolute Gasteiger partial charge is 0.489 e. The molecule has 298 valence electrons. The molecule has 0 bridgehead atoms. The number of fused-ring (bicyclic) bond motifs is 1. The van der Waals surface area contributed by atoms with Crippen molar-refractivity contribution in [3.63, 3.8) is 0 Å². The number of halogens is 6. The minimum Gasteiger partial charge on any atom is -0.489 e. The van der Waals surface area contributed by atoms with E-state index < -0.39 is 59.4 Å². The van der Waals surface area contributed by atoms with E-state index in [0.29, 0.717) is 17.9 Å². The van der Waals surface area contributed by atoms with E-state index in [1.54, 1.807) is 54.8 Å². The highest BCUT2D eigenvalue weighted by Crippen LogP contribution is 2.34. The minimum atomic E-state index is -5.08. The van der Waals surface area contributed by atoms with Gasteiger partial charge in [0.2, 0.25) is 5.54 Å². The predicted octanol–water partition coefficient (Wildman–Crippen LogP) is 4.50. The zero-order valence-corrected chi connectivity index (χ0v) is 29.5. The molecule has 0 atom stereocenters. The third-order valence-corrected chi connectivity index (χ3v) is 7.60. The summed E-state index contributed by atoms with van der Waals surface area (Å²) in [6.07, 6.45) is -10.6. The maximum Gasteiger partial charge on any atom is 0.490 e. The lowest BCUT2D eigenvalue weighted by Crippen LogP contribution is -2.73. The number of aliphatic carboxylic acids is 2. The first-order chi connectivity index (χ1) is 25.4. The Labute approximate surface area is 308 Å². The zero-order valence-electron chi connectivity index (χ0n) is 29.5. The summed E-state index contributed by atoms with van der Waals surface area (Å²) < 4.78 is 75.0. The number of ether oxygens (including phenoxy) is 2. The van der Waals surface area contributed by atoms with Crippen molar-refractivity contribution in [3.05, 3.63) is 71.4 Å². The third-order valence-electron chi connectivity index (χ3n) is 7.60. The number of barbiturate groups is 1. The predicted molar refractivity (Wildman–Crippen MR) is 177 cm³/mol. The Bertz CT molecular complexity index is 1880. The molecule has 21 heteroatoms. The van der Waals surface area contributed by atoms with Crippen molar-refractivity contribution in [2.24, 2.45) is 0 Å². The fourth-order valence-electron chi connectivity index (χ4n) is 5.27. The summed E-state index contributed by atoms with van der Waals surface area (Å²) in [5.74, 6) is -6.46. The van der Waals surface area contributed by atoms with E-state index in [-0.39, 0.29) is 26.2 Å². The van der Waals surface area contributed by atoms with Crippen LogP contribution in [0.4, 0.5) is 35.9 Å². The van der Waals surface area contributed by atoms with E-state index in [9.17, 15) is 45.5 Å². The molecule has 2 fully saturated rings. The summed E-state index contributed by atoms with van der Waals surface area (Å²) >= 11 is 0. The van der Waals surface area contributed by atoms with Gasteiger partial charge in [-0.3, -0.25) is 30.1 Å². The topological polar surface area (TPSA) is 205 Å². The molecule has 0 aliphatic carbocycles. The molecule has 0 spiro atoms. The number of hydrogen-bond acceptors (Lipinski definition) is 10. The lowest BCUT2D eigenvalue weighted by molar-refractivity contribution is -0.193.